The van der Waals surface area contributed by atoms with Gasteiger partial charge in [-0.3, -0.25) is 4.90 Å². The zero-order valence-corrected chi connectivity index (χ0v) is 13.9. The molecule has 1 fully saturated rings. The van der Waals surface area contributed by atoms with Gasteiger partial charge in [0.25, 0.3) is 0 Å². The Balaban J connectivity index is 1.89. The van der Waals surface area contributed by atoms with Gasteiger partial charge in [-0.05, 0) is 43.2 Å². The number of hydrogen-bond acceptors (Lipinski definition) is 5. The van der Waals surface area contributed by atoms with Crippen LogP contribution in [0.5, 0.6) is 0 Å². The minimum Gasteiger partial charge on any atom is -0.444 e. The zero-order chi connectivity index (χ0) is 15.5. The second-order valence-corrected chi connectivity index (χ2v) is 7.09. The largest absolute Gasteiger partial charge is 0.444 e. The zero-order valence-electron chi connectivity index (χ0n) is 13.0. The first-order valence-corrected chi connectivity index (χ1v) is 8.29. The third-order valence-corrected chi connectivity index (χ3v) is 4.26. The molecule has 0 radical (unpaired) electrons. The molecule has 1 atom stereocenters. The van der Waals surface area contributed by atoms with Gasteiger partial charge in [-0.15, -0.1) is 0 Å². The minimum absolute atomic E-state index is 0.220. The molecule has 0 spiro atoms. The molecule has 5 nitrogen and oxygen atoms in total. The van der Waals surface area contributed by atoms with Crippen LogP contribution in [0.3, 0.4) is 0 Å². The van der Waals surface area contributed by atoms with Crippen LogP contribution in [0.1, 0.15) is 32.4 Å². The highest BCUT2D eigenvalue weighted by Gasteiger charge is 2.29. The normalized spacial score (nSPS) is 18.6. The van der Waals surface area contributed by atoms with Crippen LogP contribution in [0, 0.1) is 0 Å². The summed E-state index contributed by atoms with van der Waals surface area (Å²) in [6.07, 6.45) is -0.220. The van der Waals surface area contributed by atoms with Crippen molar-refractivity contribution in [2.24, 2.45) is 5.73 Å². The van der Waals surface area contributed by atoms with Crippen molar-refractivity contribution in [2.45, 2.75) is 32.4 Å². The summed E-state index contributed by atoms with van der Waals surface area (Å²) in [5.41, 5.74) is 6.76. The van der Waals surface area contributed by atoms with E-state index in [0.29, 0.717) is 19.6 Å². The van der Waals surface area contributed by atoms with Gasteiger partial charge < -0.3 is 15.4 Å². The van der Waals surface area contributed by atoms with Gasteiger partial charge in [-0.2, -0.15) is 11.3 Å². The lowest BCUT2D eigenvalue weighted by Gasteiger charge is -2.39. The third-order valence-electron chi connectivity index (χ3n) is 3.56. The summed E-state index contributed by atoms with van der Waals surface area (Å²) in [5.74, 6) is 0. The van der Waals surface area contributed by atoms with E-state index in [1.165, 1.54) is 5.56 Å². The molecule has 0 aliphatic carbocycles. The summed E-state index contributed by atoms with van der Waals surface area (Å²) in [5, 5.41) is 4.23. The van der Waals surface area contributed by atoms with Crippen LogP contribution in [-0.2, 0) is 4.74 Å². The fraction of sp³-hybridized carbons (Fsp3) is 0.667. The van der Waals surface area contributed by atoms with E-state index in [1.807, 2.05) is 20.8 Å². The van der Waals surface area contributed by atoms with E-state index >= 15 is 0 Å². The molecule has 1 aromatic heterocycles. The number of carbonyl (C=O) groups excluding carboxylic acids is 1. The van der Waals surface area contributed by atoms with Crippen molar-refractivity contribution in [3.05, 3.63) is 22.4 Å². The van der Waals surface area contributed by atoms with Crippen molar-refractivity contribution < 1.29 is 9.53 Å². The summed E-state index contributed by atoms with van der Waals surface area (Å²) >= 11 is 1.69. The van der Waals surface area contributed by atoms with Gasteiger partial charge >= 0.3 is 6.09 Å². The van der Waals surface area contributed by atoms with Crippen molar-refractivity contribution >= 4 is 17.4 Å². The van der Waals surface area contributed by atoms with E-state index < -0.39 is 5.60 Å². The maximum absolute atomic E-state index is 12.1. The topological polar surface area (TPSA) is 58.8 Å². The number of nitrogens with two attached hydrogens (primary N) is 1. The van der Waals surface area contributed by atoms with Crippen molar-refractivity contribution in [2.75, 3.05) is 32.7 Å². The van der Waals surface area contributed by atoms with Gasteiger partial charge in [0.2, 0.25) is 0 Å². The van der Waals surface area contributed by atoms with Crippen LogP contribution in [0.4, 0.5) is 4.79 Å². The predicted octanol–water partition coefficient (Wildman–Crippen LogP) is 2.30. The smallest absolute Gasteiger partial charge is 0.410 e. The second kappa shape index (κ2) is 6.77. The van der Waals surface area contributed by atoms with E-state index in [1.54, 1.807) is 16.2 Å². The molecule has 21 heavy (non-hydrogen) atoms. The predicted molar refractivity (Wildman–Crippen MR) is 85.5 cm³/mol. The van der Waals surface area contributed by atoms with E-state index in [2.05, 4.69) is 21.7 Å². The Labute approximate surface area is 130 Å². The van der Waals surface area contributed by atoms with Crippen LogP contribution in [0.2, 0.25) is 0 Å². The summed E-state index contributed by atoms with van der Waals surface area (Å²) in [6, 6.07) is 2.37. The van der Waals surface area contributed by atoms with Crippen LogP contribution in [0.15, 0.2) is 16.8 Å². The Morgan fingerprint density at radius 3 is 2.52 bits per heavy atom. The maximum atomic E-state index is 12.1. The highest BCUT2D eigenvalue weighted by Crippen LogP contribution is 2.23. The molecule has 1 aromatic rings. The third kappa shape index (κ3) is 4.43. The van der Waals surface area contributed by atoms with Crippen molar-refractivity contribution in [3.63, 3.8) is 0 Å². The second-order valence-electron chi connectivity index (χ2n) is 6.31. The Kier molecular flexibility index (Phi) is 5.24. The van der Waals surface area contributed by atoms with Gasteiger partial charge in [0.15, 0.2) is 0 Å². The summed E-state index contributed by atoms with van der Waals surface area (Å²) in [6.45, 7) is 9.31. The molecule has 1 amide bonds. The average molecular weight is 311 g/mol. The van der Waals surface area contributed by atoms with Gasteiger partial charge in [-0.25, -0.2) is 4.79 Å². The molecule has 2 N–H and O–H groups in total. The number of piperazine rings is 1. The molecule has 0 bridgehead atoms. The number of amides is 1. The molecule has 2 rings (SSSR count). The Bertz CT molecular complexity index is 448. The highest BCUT2D eigenvalue weighted by molar-refractivity contribution is 7.07. The maximum Gasteiger partial charge on any atom is 0.410 e. The number of nitrogens with zero attached hydrogens (tertiary/aromatic N) is 2. The molecule has 2 heterocycles. The van der Waals surface area contributed by atoms with Crippen LogP contribution in [0.25, 0.3) is 0 Å². The van der Waals surface area contributed by atoms with Crippen molar-refractivity contribution in [3.8, 4) is 0 Å². The number of ether oxygens (including phenoxy) is 1. The molecule has 0 saturated carbocycles. The van der Waals surface area contributed by atoms with E-state index in [4.69, 9.17) is 10.5 Å². The van der Waals surface area contributed by atoms with Gasteiger partial charge in [0.05, 0.1) is 0 Å². The van der Waals surface area contributed by atoms with E-state index in [9.17, 15) is 4.79 Å². The first-order chi connectivity index (χ1) is 9.90. The van der Waals surface area contributed by atoms with Gasteiger partial charge in [0, 0.05) is 38.8 Å². The number of thiophene rings is 1. The Morgan fingerprint density at radius 2 is 2.05 bits per heavy atom. The summed E-state index contributed by atoms with van der Waals surface area (Å²) < 4.78 is 5.42. The quantitative estimate of drug-likeness (QED) is 0.930. The lowest BCUT2D eigenvalue weighted by atomic mass is 10.1. The monoisotopic (exact) mass is 311 g/mol. The molecular weight excluding hydrogens is 286 g/mol. The lowest BCUT2D eigenvalue weighted by molar-refractivity contribution is 0.0106. The highest BCUT2D eigenvalue weighted by atomic mass is 32.1. The van der Waals surface area contributed by atoms with Gasteiger partial charge in [-0.1, -0.05) is 0 Å². The van der Waals surface area contributed by atoms with E-state index in [0.717, 1.165) is 13.1 Å². The van der Waals surface area contributed by atoms with Crippen molar-refractivity contribution in [1.82, 2.24) is 9.80 Å². The number of carbonyl (C=O) groups is 1. The molecule has 1 unspecified atom stereocenters. The average Bonchev–Trinajstić information content (AvgIpc) is 2.92. The first-order valence-electron chi connectivity index (χ1n) is 7.35. The number of rotatable bonds is 3. The van der Waals surface area contributed by atoms with Crippen LogP contribution >= 0.6 is 11.3 Å². The molecule has 1 aliphatic heterocycles. The fourth-order valence-electron chi connectivity index (χ4n) is 2.50. The van der Waals surface area contributed by atoms with Crippen LogP contribution in [-0.4, -0.2) is 54.2 Å². The lowest BCUT2D eigenvalue weighted by Crippen LogP contribution is -2.51. The first kappa shape index (κ1) is 16.3. The molecule has 6 heteroatoms. The molecule has 0 aromatic carbocycles. The van der Waals surface area contributed by atoms with Crippen LogP contribution < -0.4 is 5.73 Å². The SMILES string of the molecule is CC(C)(C)OC(=O)N1CCN(C(CN)c2ccsc2)CC1. The van der Waals surface area contributed by atoms with Crippen molar-refractivity contribution in [1.29, 1.82) is 0 Å². The minimum atomic E-state index is -0.440. The molecule has 1 saturated heterocycles. The fourth-order valence-corrected chi connectivity index (χ4v) is 3.21. The molecule has 118 valence electrons. The standard InChI is InChI=1S/C15H25N3O2S/c1-15(2,3)20-14(19)18-7-5-17(6-8-18)13(10-16)12-4-9-21-11-12/h4,9,11,13H,5-8,10,16H2,1-3H3. The number of hydrogen-bond donors (Lipinski definition) is 1. The Hall–Kier alpha value is -1.11. The summed E-state index contributed by atoms with van der Waals surface area (Å²) in [7, 11) is 0. The Morgan fingerprint density at radius 1 is 1.38 bits per heavy atom. The summed E-state index contributed by atoms with van der Waals surface area (Å²) in [4.78, 5) is 16.2. The molecule has 1 aliphatic rings. The van der Waals surface area contributed by atoms with Gasteiger partial charge in [0.1, 0.15) is 5.60 Å². The van der Waals surface area contributed by atoms with E-state index in [-0.39, 0.29) is 12.1 Å². The molecular formula is C15H25N3O2S.